The number of rotatable bonds is 4. The van der Waals surface area contributed by atoms with Gasteiger partial charge in [-0.3, -0.25) is 9.59 Å². The van der Waals surface area contributed by atoms with Gasteiger partial charge in [0.25, 0.3) is 0 Å². The second-order valence-corrected chi connectivity index (χ2v) is 5.54. The summed E-state index contributed by atoms with van der Waals surface area (Å²) in [6, 6.07) is 7.96. The highest BCUT2D eigenvalue weighted by Crippen LogP contribution is 2.30. The predicted molar refractivity (Wildman–Crippen MR) is 76.1 cm³/mol. The van der Waals surface area contributed by atoms with E-state index in [-0.39, 0.29) is 11.8 Å². The van der Waals surface area contributed by atoms with E-state index in [2.05, 4.69) is 5.32 Å². The lowest BCUT2D eigenvalue weighted by molar-refractivity contribution is -0.148. The van der Waals surface area contributed by atoms with E-state index in [1.807, 2.05) is 31.2 Å². The van der Waals surface area contributed by atoms with Gasteiger partial charge >= 0.3 is 5.97 Å². The van der Waals surface area contributed by atoms with Gasteiger partial charge in [0.05, 0.1) is 11.8 Å². The zero-order chi connectivity index (χ0) is 14.5. The second-order valence-electron chi connectivity index (χ2n) is 5.54. The number of amides is 1. The van der Waals surface area contributed by atoms with Crippen LogP contribution in [0.3, 0.4) is 0 Å². The number of carboxylic acid groups (broad SMARTS) is 1. The van der Waals surface area contributed by atoms with Crippen molar-refractivity contribution in [3.8, 4) is 0 Å². The Morgan fingerprint density at radius 1 is 1.15 bits per heavy atom. The van der Waals surface area contributed by atoms with Crippen molar-refractivity contribution >= 4 is 11.9 Å². The van der Waals surface area contributed by atoms with Crippen molar-refractivity contribution in [2.24, 2.45) is 11.8 Å². The molecule has 1 fully saturated rings. The Balaban J connectivity index is 1.93. The van der Waals surface area contributed by atoms with Crippen molar-refractivity contribution in [1.29, 1.82) is 0 Å². The molecule has 2 N–H and O–H groups in total. The molecule has 2 atom stereocenters. The molecule has 1 aliphatic rings. The van der Waals surface area contributed by atoms with Crippen LogP contribution in [0.15, 0.2) is 24.3 Å². The maximum Gasteiger partial charge on any atom is 0.307 e. The number of hydrogen-bond donors (Lipinski definition) is 2. The van der Waals surface area contributed by atoms with Crippen LogP contribution in [-0.4, -0.2) is 17.0 Å². The van der Waals surface area contributed by atoms with Gasteiger partial charge in [0.1, 0.15) is 0 Å². The number of benzene rings is 1. The fraction of sp³-hybridized carbons (Fsp3) is 0.500. The summed E-state index contributed by atoms with van der Waals surface area (Å²) in [5.74, 6) is -1.88. The zero-order valence-electron chi connectivity index (χ0n) is 11.8. The van der Waals surface area contributed by atoms with Crippen LogP contribution in [0.4, 0.5) is 0 Å². The van der Waals surface area contributed by atoms with Gasteiger partial charge in [-0.2, -0.15) is 0 Å². The number of aryl methyl sites for hydroxylation is 1. The fourth-order valence-electron chi connectivity index (χ4n) is 2.77. The first-order valence-corrected chi connectivity index (χ1v) is 7.14. The molecule has 1 amide bonds. The SMILES string of the molecule is Cc1ccc(CNC(=O)[C@H]2CCCC[C@H]2C(=O)O)cc1. The Hall–Kier alpha value is -1.84. The van der Waals surface area contributed by atoms with E-state index >= 15 is 0 Å². The predicted octanol–water partition coefficient (Wildman–Crippen LogP) is 2.50. The quantitative estimate of drug-likeness (QED) is 0.887. The van der Waals surface area contributed by atoms with Crippen LogP contribution in [-0.2, 0) is 16.1 Å². The molecule has 0 unspecified atom stereocenters. The van der Waals surface area contributed by atoms with Gasteiger partial charge in [0, 0.05) is 6.54 Å². The molecule has 1 aliphatic carbocycles. The average Bonchev–Trinajstić information content (AvgIpc) is 2.46. The highest BCUT2D eigenvalue weighted by Gasteiger charge is 2.35. The molecular formula is C16H21NO3. The van der Waals surface area contributed by atoms with Crippen LogP contribution < -0.4 is 5.32 Å². The maximum atomic E-state index is 12.2. The third-order valence-electron chi connectivity index (χ3n) is 4.01. The number of carbonyl (C=O) groups is 2. The van der Waals surface area contributed by atoms with Crippen LogP contribution in [0.5, 0.6) is 0 Å². The first-order chi connectivity index (χ1) is 9.58. The summed E-state index contributed by atoms with van der Waals surface area (Å²) < 4.78 is 0. The zero-order valence-corrected chi connectivity index (χ0v) is 11.8. The lowest BCUT2D eigenvalue weighted by atomic mass is 9.78. The molecule has 0 spiro atoms. The molecule has 1 aromatic carbocycles. The monoisotopic (exact) mass is 275 g/mol. The lowest BCUT2D eigenvalue weighted by Gasteiger charge is -2.27. The molecule has 0 bridgehead atoms. The first kappa shape index (κ1) is 14.6. The number of nitrogens with one attached hydrogen (secondary N) is 1. The van der Waals surface area contributed by atoms with Gasteiger partial charge in [-0.15, -0.1) is 0 Å². The number of hydrogen-bond acceptors (Lipinski definition) is 2. The Labute approximate surface area is 119 Å². The molecule has 1 saturated carbocycles. The van der Waals surface area contributed by atoms with Gasteiger partial charge in [0.2, 0.25) is 5.91 Å². The van der Waals surface area contributed by atoms with Crippen LogP contribution in [0.25, 0.3) is 0 Å². The lowest BCUT2D eigenvalue weighted by Crippen LogP contribution is -2.39. The normalized spacial score (nSPS) is 22.2. The third-order valence-corrected chi connectivity index (χ3v) is 4.01. The van der Waals surface area contributed by atoms with E-state index in [1.54, 1.807) is 0 Å². The van der Waals surface area contributed by atoms with Crippen LogP contribution in [0.2, 0.25) is 0 Å². The molecule has 0 aromatic heterocycles. The summed E-state index contributed by atoms with van der Waals surface area (Å²) >= 11 is 0. The summed E-state index contributed by atoms with van der Waals surface area (Å²) in [5.41, 5.74) is 2.21. The largest absolute Gasteiger partial charge is 0.481 e. The highest BCUT2D eigenvalue weighted by molar-refractivity contribution is 5.84. The van der Waals surface area contributed by atoms with Crippen molar-refractivity contribution in [2.45, 2.75) is 39.2 Å². The molecular weight excluding hydrogens is 254 g/mol. The molecule has 1 aromatic rings. The standard InChI is InChI=1S/C16H21NO3/c1-11-6-8-12(9-7-11)10-17-15(18)13-4-2-3-5-14(13)16(19)20/h6-9,13-14H,2-5,10H2,1H3,(H,17,18)(H,19,20)/t13-,14+/m0/s1. The molecule has 20 heavy (non-hydrogen) atoms. The molecule has 2 rings (SSSR count). The summed E-state index contributed by atoms with van der Waals surface area (Å²) in [5, 5.41) is 12.1. The second kappa shape index (κ2) is 6.55. The van der Waals surface area contributed by atoms with E-state index in [0.717, 1.165) is 18.4 Å². The summed E-state index contributed by atoms with van der Waals surface area (Å²) in [6.07, 6.45) is 3.12. The fourth-order valence-corrected chi connectivity index (χ4v) is 2.77. The summed E-state index contributed by atoms with van der Waals surface area (Å²) in [6.45, 7) is 2.48. The average molecular weight is 275 g/mol. The van der Waals surface area contributed by atoms with E-state index in [0.29, 0.717) is 19.4 Å². The minimum absolute atomic E-state index is 0.127. The Morgan fingerprint density at radius 2 is 1.75 bits per heavy atom. The Morgan fingerprint density at radius 3 is 2.35 bits per heavy atom. The summed E-state index contributed by atoms with van der Waals surface area (Å²) in [4.78, 5) is 23.4. The Kier molecular flexibility index (Phi) is 4.77. The molecule has 4 heteroatoms. The van der Waals surface area contributed by atoms with Gasteiger partial charge in [-0.25, -0.2) is 0 Å². The number of carboxylic acids is 1. The number of carbonyl (C=O) groups excluding carboxylic acids is 1. The minimum atomic E-state index is -0.847. The van der Waals surface area contributed by atoms with E-state index < -0.39 is 11.9 Å². The third kappa shape index (κ3) is 3.59. The van der Waals surface area contributed by atoms with Gasteiger partial charge in [-0.1, -0.05) is 42.7 Å². The van der Waals surface area contributed by atoms with Crippen molar-refractivity contribution < 1.29 is 14.7 Å². The van der Waals surface area contributed by atoms with Crippen molar-refractivity contribution in [2.75, 3.05) is 0 Å². The number of aliphatic carboxylic acids is 1. The smallest absolute Gasteiger partial charge is 0.307 e. The van der Waals surface area contributed by atoms with Crippen LogP contribution in [0.1, 0.15) is 36.8 Å². The van der Waals surface area contributed by atoms with E-state index in [1.165, 1.54) is 5.56 Å². The van der Waals surface area contributed by atoms with E-state index in [4.69, 9.17) is 0 Å². The first-order valence-electron chi connectivity index (χ1n) is 7.14. The Bertz CT molecular complexity index is 481. The highest BCUT2D eigenvalue weighted by atomic mass is 16.4. The van der Waals surface area contributed by atoms with Gasteiger partial charge in [0.15, 0.2) is 0 Å². The molecule has 108 valence electrons. The van der Waals surface area contributed by atoms with Gasteiger partial charge in [-0.05, 0) is 25.3 Å². The molecule has 4 nitrogen and oxygen atoms in total. The van der Waals surface area contributed by atoms with E-state index in [9.17, 15) is 14.7 Å². The van der Waals surface area contributed by atoms with Crippen molar-refractivity contribution in [3.63, 3.8) is 0 Å². The molecule has 0 aliphatic heterocycles. The van der Waals surface area contributed by atoms with Crippen molar-refractivity contribution in [3.05, 3.63) is 35.4 Å². The molecule has 0 heterocycles. The topological polar surface area (TPSA) is 66.4 Å². The van der Waals surface area contributed by atoms with Crippen LogP contribution in [0, 0.1) is 18.8 Å². The van der Waals surface area contributed by atoms with Crippen molar-refractivity contribution in [1.82, 2.24) is 5.32 Å². The molecule has 0 radical (unpaired) electrons. The molecule has 0 saturated heterocycles. The summed E-state index contributed by atoms with van der Waals surface area (Å²) in [7, 11) is 0. The minimum Gasteiger partial charge on any atom is -0.481 e. The maximum absolute atomic E-state index is 12.2. The van der Waals surface area contributed by atoms with Crippen LogP contribution >= 0.6 is 0 Å². The van der Waals surface area contributed by atoms with Gasteiger partial charge < -0.3 is 10.4 Å².